The van der Waals surface area contributed by atoms with Gasteiger partial charge in [-0.05, 0) is 59.2 Å². The van der Waals surface area contributed by atoms with Crippen LogP contribution < -0.4 is 4.90 Å². The summed E-state index contributed by atoms with van der Waals surface area (Å²) in [5.74, 6) is 3.93. The number of nitrogens with zero attached hydrogens (tertiary/aromatic N) is 1. The zero-order chi connectivity index (χ0) is 23.1. The van der Waals surface area contributed by atoms with Gasteiger partial charge in [-0.15, -0.1) is 18.2 Å². The molecule has 0 bridgehead atoms. The van der Waals surface area contributed by atoms with Crippen molar-refractivity contribution in [2.75, 3.05) is 24.3 Å². The lowest BCUT2D eigenvalue weighted by Gasteiger charge is -2.29. The van der Waals surface area contributed by atoms with E-state index in [0.29, 0.717) is 11.5 Å². The zero-order valence-corrected chi connectivity index (χ0v) is 19.9. The third kappa shape index (κ3) is 5.36. The number of ether oxygens (including phenoxy) is 1. The summed E-state index contributed by atoms with van der Waals surface area (Å²) in [6.07, 6.45) is 5.98. The van der Waals surface area contributed by atoms with Gasteiger partial charge in [-0.3, -0.25) is 0 Å². The molecule has 0 atom stereocenters. The summed E-state index contributed by atoms with van der Waals surface area (Å²) in [4.78, 5) is 15.6. The van der Waals surface area contributed by atoms with Crippen LogP contribution in [-0.4, -0.2) is 25.4 Å². The Hall–Kier alpha value is -3.16. The van der Waals surface area contributed by atoms with E-state index >= 15 is 0 Å². The number of esters is 1. The summed E-state index contributed by atoms with van der Waals surface area (Å²) < 4.78 is 4.89. The van der Waals surface area contributed by atoms with E-state index in [2.05, 4.69) is 68.0 Å². The molecule has 0 saturated carbocycles. The van der Waals surface area contributed by atoms with Gasteiger partial charge >= 0.3 is 5.97 Å². The Kier molecular flexibility index (Phi) is 8.03. The molecule has 3 aromatic rings. The third-order valence-corrected chi connectivity index (χ3v) is 5.98. The summed E-state index contributed by atoms with van der Waals surface area (Å²) in [5, 5.41) is 0. The predicted molar refractivity (Wildman–Crippen MR) is 136 cm³/mol. The highest BCUT2D eigenvalue weighted by Gasteiger charge is 2.19. The van der Waals surface area contributed by atoms with E-state index in [1.54, 1.807) is 17.8 Å². The first-order chi connectivity index (χ1) is 15.5. The lowest BCUT2D eigenvalue weighted by atomic mass is 9.97. The first kappa shape index (κ1) is 23.5. The smallest absolute Gasteiger partial charge is 0.337 e. The summed E-state index contributed by atoms with van der Waals surface area (Å²) in [6.45, 7) is 7.47. The van der Waals surface area contributed by atoms with Gasteiger partial charge in [-0.2, -0.15) is 0 Å². The van der Waals surface area contributed by atoms with Gasteiger partial charge in [0.1, 0.15) is 0 Å². The fourth-order valence-electron chi connectivity index (χ4n) is 3.66. The van der Waals surface area contributed by atoms with Crippen LogP contribution in [-0.2, 0) is 4.74 Å². The fraction of sp³-hybridized carbons (Fsp3) is 0.250. The molecule has 0 aliphatic rings. The van der Waals surface area contributed by atoms with Crippen LogP contribution in [0.15, 0.2) is 71.6 Å². The summed E-state index contributed by atoms with van der Waals surface area (Å²) >= 11 is 1.79. The van der Waals surface area contributed by atoms with E-state index in [1.165, 1.54) is 7.11 Å². The molecular formula is C28H29NO2S. The number of thioether (sulfide) groups is 1. The number of terminal acetylenes is 1. The molecule has 3 nitrogen and oxygen atoms in total. The van der Waals surface area contributed by atoms with E-state index in [-0.39, 0.29) is 5.97 Å². The van der Waals surface area contributed by atoms with Crippen LogP contribution in [0.25, 0.3) is 11.1 Å². The van der Waals surface area contributed by atoms with E-state index in [9.17, 15) is 4.79 Å². The predicted octanol–water partition coefficient (Wildman–Crippen LogP) is 7.03. The highest BCUT2D eigenvalue weighted by molar-refractivity contribution is 7.99. The van der Waals surface area contributed by atoms with Gasteiger partial charge in [0.2, 0.25) is 0 Å². The Morgan fingerprint density at radius 2 is 1.84 bits per heavy atom. The van der Waals surface area contributed by atoms with Gasteiger partial charge < -0.3 is 9.64 Å². The lowest BCUT2D eigenvalue weighted by molar-refractivity contribution is 0.0601. The number of hydrogen-bond acceptors (Lipinski definition) is 4. The number of rotatable bonds is 8. The van der Waals surface area contributed by atoms with Gasteiger partial charge in [-0.25, -0.2) is 4.79 Å². The first-order valence-corrected chi connectivity index (χ1v) is 11.8. The normalized spacial score (nSPS) is 10.6. The molecule has 32 heavy (non-hydrogen) atoms. The fourth-order valence-corrected chi connectivity index (χ4v) is 4.49. The molecular weight excluding hydrogens is 414 g/mol. The quantitative estimate of drug-likeness (QED) is 0.212. The van der Waals surface area contributed by atoms with Gasteiger partial charge in [0, 0.05) is 22.7 Å². The van der Waals surface area contributed by atoms with Gasteiger partial charge in [-0.1, -0.05) is 57.0 Å². The summed E-state index contributed by atoms with van der Waals surface area (Å²) in [7, 11) is 1.39. The SMILES string of the molecule is C#Cc1cc(N(CC(C)C)c2ccccc2)c(SCC)cc1-c1cccc(C(=O)OC)c1. The maximum Gasteiger partial charge on any atom is 0.337 e. The zero-order valence-electron chi connectivity index (χ0n) is 19.1. The van der Waals surface area contributed by atoms with Crippen molar-refractivity contribution in [2.45, 2.75) is 25.7 Å². The molecule has 4 heteroatoms. The van der Waals surface area contributed by atoms with Crippen LogP contribution >= 0.6 is 11.8 Å². The van der Waals surface area contributed by atoms with Crippen LogP contribution in [0.5, 0.6) is 0 Å². The van der Waals surface area contributed by atoms with Crippen molar-refractivity contribution in [1.82, 2.24) is 0 Å². The second kappa shape index (κ2) is 10.9. The number of para-hydroxylation sites is 1. The molecule has 0 N–H and O–H groups in total. The van der Waals surface area contributed by atoms with Crippen LogP contribution in [0.3, 0.4) is 0 Å². The number of carbonyl (C=O) groups excluding carboxylic acids is 1. The second-order valence-electron chi connectivity index (χ2n) is 7.86. The van der Waals surface area contributed by atoms with E-state index in [1.807, 2.05) is 24.3 Å². The maximum atomic E-state index is 12.1. The Morgan fingerprint density at radius 1 is 1.09 bits per heavy atom. The highest BCUT2D eigenvalue weighted by Crippen LogP contribution is 2.40. The molecule has 3 rings (SSSR count). The van der Waals surface area contributed by atoms with E-state index in [4.69, 9.17) is 11.2 Å². The number of anilines is 2. The molecule has 0 spiro atoms. The molecule has 0 aromatic heterocycles. The van der Waals surface area contributed by atoms with E-state index in [0.717, 1.165) is 45.3 Å². The number of hydrogen-bond donors (Lipinski definition) is 0. The number of benzene rings is 3. The van der Waals surface area contributed by atoms with Crippen molar-refractivity contribution < 1.29 is 9.53 Å². The monoisotopic (exact) mass is 443 g/mol. The standard InChI is InChI=1S/C28H29NO2S/c1-6-21-17-26(29(19-20(3)4)24-14-9-8-10-15-24)27(32-7-2)18-25(21)22-12-11-13-23(16-22)28(30)31-5/h1,8-18,20H,7,19H2,2-5H3. The molecule has 0 radical (unpaired) electrons. The van der Waals surface area contributed by atoms with Crippen LogP contribution in [0, 0.1) is 18.3 Å². The summed E-state index contributed by atoms with van der Waals surface area (Å²) in [6, 6.07) is 22.1. The van der Waals surface area contributed by atoms with Crippen molar-refractivity contribution >= 4 is 29.1 Å². The van der Waals surface area contributed by atoms with Gasteiger partial charge in [0.25, 0.3) is 0 Å². The number of methoxy groups -OCH3 is 1. The van der Waals surface area contributed by atoms with Crippen molar-refractivity contribution in [2.24, 2.45) is 5.92 Å². The van der Waals surface area contributed by atoms with E-state index < -0.39 is 0 Å². The minimum absolute atomic E-state index is 0.360. The minimum atomic E-state index is -0.360. The molecule has 0 heterocycles. The van der Waals surface area contributed by atoms with Crippen molar-refractivity contribution in [3.8, 4) is 23.5 Å². The Labute approximate surface area is 195 Å². The van der Waals surface area contributed by atoms with Crippen molar-refractivity contribution in [1.29, 1.82) is 0 Å². The van der Waals surface area contributed by atoms with Crippen LogP contribution in [0.1, 0.15) is 36.7 Å². The van der Waals surface area contributed by atoms with Crippen LogP contribution in [0.2, 0.25) is 0 Å². The topological polar surface area (TPSA) is 29.5 Å². The van der Waals surface area contributed by atoms with Gasteiger partial charge in [0.05, 0.1) is 18.4 Å². The van der Waals surface area contributed by atoms with Gasteiger partial charge in [0.15, 0.2) is 0 Å². The largest absolute Gasteiger partial charge is 0.465 e. The second-order valence-corrected chi connectivity index (χ2v) is 9.16. The Balaban J connectivity index is 2.19. The molecule has 0 fully saturated rings. The lowest BCUT2D eigenvalue weighted by Crippen LogP contribution is -2.23. The molecule has 3 aromatic carbocycles. The average molecular weight is 444 g/mol. The molecule has 0 aliphatic heterocycles. The maximum absolute atomic E-state index is 12.1. The highest BCUT2D eigenvalue weighted by atomic mass is 32.2. The number of carbonyl (C=O) groups is 1. The third-order valence-electron chi connectivity index (χ3n) is 5.06. The molecule has 164 valence electrons. The molecule has 0 aliphatic carbocycles. The molecule has 0 saturated heterocycles. The minimum Gasteiger partial charge on any atom is -0.465 e. The van der Waals surface area contributed by atoms with Crippen molar-refractivity contribution in [3.63, 3.8) is 0 Å². The first-order valence-electron chi connectivity index (χ1n) is 10.8. The molecule has 0 amide bonds. The summed E-state index contributed by atoms with van der Waals surface area (Å²) in [5.41, 5.74) is 5.40. The average Bonchev–Trinajstić information content (AvgIpc) is 2.82. The van der Waals surface area contributed by atoms with Crippen LogP contribution in [0.4, 0.5) is 11.4 Å². The Morgan fingerprint density at radius 3 is 2.47 bits per heavy atom. The van der Waals surface area contributed by atoms with Crippen molar-refractivity contribution in [3.05, 3.63) is 77.9 Å². The Bertz CT molecular complexity index is 1120. The molecule has 0 unspecified atom stereocenters.